The third-order valence-electron chi connectivity index (χ3n) is 4.84. The number of nitrogens with zero attached hydrogens (tertiary/aromatic N) is 3. The summed E-state index contributed by atoms with van der Waals surface area (Å²) in [7, 11) is 0. The van der Waals surface area contributed by atoms with Crippen LogP contribution in [0.5, 0.6) is 11.5 Å². The molecule has 0 amide bonds. The van der Waals surface area contributed by atoms with Gasteiger partial charge in [0.1, 0.15) is 40.9 Å². The van der Waals surface area contributed by atoms with E-state index in [0.717, 1.165) is 17.5 Å². The molecule has 1 heterocycles. The molecule has 0 spiro atoms. The molecule has 7 heteroatoms. The van der Waals surface area contributed by atoms with Crippen LogP contribution in [0.1, 0.15) is 45.4 Å². The molecule has 0 bridgehead atoms. The summed E-state index contributed by atoms with van der Waals surface area (Å²) in [6, 6.07) is 12.4. The molecule has 7 nitrogen and oxygen atoms in total. The van der Waals surface area contributed by atoms with E-state index in [4.69, 9.17) is 9.47 Å². The molecule has 0 fully saturated rings. The third-order valence-corrected chi connectivity index (χ3v) is 4.84. The molecule has 3 aromatic rings. The molecule has 1 aromatic heterocycles. The maximum Gasteiger partial charge on any atom is 0.146 e. The quantitative estimate of drug-likeness (QED) is 0.407. The molecule has 0 aliphatic carbocycles. The number of fused-ring (bicyclic) bond motifs is 1. The van der Waals surface area contributed by atoms with Crippen molar-refractivity contribution in [3.05, 3.63) is 42.5 Å². The number of phenols is 1. The summed E-state index contributed by atoms with van der Waals surface area (Å²) in [4.78, 5) is 1.40. The second kappa shape index (κ2) is 11.5. The van der Waals surface area contributed by atoms with Gasteiger partial charge < -0.3 is 19.7 Å². The first-order chi connectivity index (χ1) is 14.7. The molecule has 1 unspecified atom stereocenters. The second-order valence-electron chi connectivity index (χ2n) is 7.44. The summed E-state index contributed by atoms with van der Waals surface area (Å²) < 4.78 is 11.1. The minimum atomic E-state index is -0.718. The van der Waals surface area contributed by atoms with E-state index in [0.29, 0.717) is 18.0 Å². The predicted octanol–water partition coefficient (Wildman–Crippen LogP) is 4.24. The topological polar surface area (TPSA) is 89.6 Å². The molecule has 0 radical (unpaired) electrons. The fourth-order valence-corrected chi connectivity index (χ4v) is 3.17. The van der Waals surface area contributed by atoms with Crippen LogP contribution in [0, 0.1) is 0 Å². The highest BCUT2D eigenvalue weighted by atomic mass is 16.5. The summed E-state index contributed by atoms with van der Waals surface area (Å²) in [5.41, 5.74) is 1.96. The molecular weight excluding hydrogens is 382 g/mol. The molecule has 0 aliphatic rings. The summed E-state index contributed by atoms with van der Waals surface area (Å²) in [6.07, 6.45) is 6.54. The Morgan fingerprint density at radius 2 is 1.63 bits per heavy atom. The SMILES string of the molecule is CCCCCCCCOCC(O)COc1ccc(-n2nc3ccccc3n2)c(O)c1. The lowest BCUT2D eigenvalue weighted by atomic mass is 10.1. The van der Waals surface area contributed by atoms with Crippen molar-refractivity contribution >= 4 is 11.0 Å². The van der Waals surface area contributed by atoms with Gasteiger partial charge in [-0.25, -0.2) is 0 Å². The van der Waals surface area contributed by atoms with Gasteiger partial charge in [0.2, 0.25) is 0 Å². The van der Waals surface area contributed by atoms with Crippen molar-refractivity contribution < 1.29 is 19.7 Å². The number of hydrogen-bond donors (Lipinski definition) is 2. The van der Waals surface area contributed by atoms with E-state index in [1.165, 1.54) is 43.0 Å². The highest BCUT2D eigenvalue weighted by molar-refractivity contribution is 5.73. The Morgan fingerprint density at radius 1 is 0.933 bits per heavy atom. The van der Waals surface area contributed by atoms with Crippen LogP contribution in [-0.4, -0.2) is 51.1 Å². The third kappa shape index (κ3) is 6.43. The van der Waals surface area contributed by atoms with Gasteiger partial charge in [0.25, 0.3) is 0 Å². The Kier molecular flexibility index (Phi) is 8.47. The highest BCUT2D eigenvalue weighted by Gasteiger charge is 2.11. The van der Waals surface area contributed by atoms with Crippen molar-refractivity contribution in [2.45, 2.75) is 51.6 Å². The molecule has 0 saturated heterocycles. The van der Waals surface area contributed by atoms with Gasteiger partial charge in [0.15, 0.2) is 0 Å². The Labute approximate surface area is 177 Å². The van der Waals surface area contributed by atoms with Crippen LogP contribution < -0.4 is 4.74 Å². The van der Waals surface area contributed by atoms with E-state index >= 15 is 0 Å². The number of hydrogen-bond acceptors (Lipinski definition) is 6. The van der Waals surface area contributed by atoms with Crippen molar-refractivity contribution in [3.8, 4) is 17.2 Å². The molecule has 2 aromatic carbocycles. The molecule has 3 rings (SSSR count). The van der Waals surface area contributed by atoms with Gasteiger partial charge in [-0.05, 0) is 30.7 Å². The molecule has 1 atom stereocenters. The van der Waals surface area contributed by atoms with Gasteiger partial charge in [-0.15, -0.1) is 15.0 Å². The average Bonchev–Trinajstić information content (AvgIpc) is 3.18. The van der Waals surface area contributed by atoms with Crippen LogP contribution in [0.4, 0.5) is 0 Å². The van der Waals surface area contributed by atoms with E-state index in [1.807, 2.05) is 24.3 Å². The van der Waals surface area contributed by atoms with E-state index in [2.05, 4.69) is 17.1 Å². The fraction of sp³-hybridized carbons (Fsp3) is 0.478. The van der Waals surface area contributed by atoms with Gasteiger partial charge >= 0.3 is 0 Å². The number of benzene rings is 2. The van der Waals surface area contributed by atoms with Crippen molar-refractivity contribution in [1.82, 2.24) is 15.0 Å². The van der Waals surface area contributed by atoms with Crippen LogP contribution in [0.25, 0.3) is 16.7 Å². The lowest BCUT2D eigenvalue weighted by Gasteiger charge is -2.13. The second-order valence-corrected chi connectivity index (χ2v) is 7.44. The number of aromatic nitrogens is 3. The van der Waals surface area contributed by atoms with Gasteiger partial charge in [-0.1, -0.05) is 51.2 Å². The van der Waals surface area contributed by atoms with Gasteiger partial charge in [-0.3, -0.25) is 0 Å². The summed E-state index contributed by atoms with van der Waals surface area (Å²) >= 11 is 0. The highest BCUT2D eigenvalue weighted by Crippen LogP contribution is 2.26. The maximum atomic E-state index is 10.3. The fourth-order valence-electron chi connectivity index (χ4n) is 3.17. The Hall–Kier alpha value is -2.64. The standard InChI is InChI=1S/C23H31N3O4/c1-2-3-4-5-6-9-14-29-16-18(27)17-30-19-12-13-22(23(28)15-19)26-24-20-10-7-8-11-21(20)25-26/h7-8,10-13,15,18,27-28H,2-6,9,14,16-17H2,1H3. The van der Waals surface area contributed by atoms with Crippen LogP contribution in [0.2, 0.25) is 0 Å². The van der Waals surface area contributed by atoms with Crippen LogP contribution in [0.3, 0.4) is 0 Å². The largest absolute Gasteiger partial charge is 0.505 e. The number of aliphatic hydroxyl groups excluding tert-OH is 1. The molecule has 0 saturated carbocycles. The van der Waals surface area contributed by atoms with Crippen molar-refractivity contribution in [2.24, 2.45) is 0 Å². The molecule has 0 aliphatic heterocycles. The van der Waals surface area contributed by atoms with Crippen LogP contribution in [-0.2, 0) is 4.74 Å². The summed E-state index contributed by atoms with van der Waals surface area (Å²) in [5, 5.41) is 29.1. The van der Waals surface area contributed by atoms with Gasteiger partial charge in [0.05, 0.1) is 6.61 Å². The zero-order valence-electron chi connectivity index (χ0n) is 17.5. The first-order valence-corrected chi connectivity index (χ1v) is 10.7. The Balaban J connectivity index is 1.41. The van der Waals surface area contributed by atoms with Crippen molar-refractivity contribution in [2.75, 3.05) is 19.8 Å². The van der Waals surface area contributed by atoms with Crippen LogP contribution >= 0.6 is 0 Å². The first kappa shape index (κ1) is 22.1. The molecule has 30 heavy (non-hydrogen) atoms. The Bertz CT molecular complexity index is 879. The van der Waals surface area contributed by atoms with E-state index in [9.17, 15) is 10.2 Å². The molecular formula is C23H31N3O4. The number of aliphatic hydroxyl groups is 1. The maximum absolute atomic E-state index is 10.3. The van der Waals surface area contributed by atoms with Crippen molar-refractivity contribution in [3.63, 3.8) is 0 Å². The number of unbranched alkanes of at least 4 members (excludes halogenated alkanes) is 5. The smallest absolute Gasteiger partial charge is 0.146 e. The summed E-state index contributed by atoms with van der Waals surface area (Å²) in [6.45, 7) is 3.20. The average molecular weight is 414 g/mol. The Morgan fingerprint density at radius 3 is 2.33 bits per heavy atom. The minimum Gasteiger partial charge on any atom is -0.505 e. The van der Waals surface area contributed by atoms with E-state index in [-0.39, 0.29) is 19.0 Å². The number of rotatable bonds is 13. The molecule has 2 N–H and O–H groups in total. The first-order valence-electron chi connectivity index (χ1n) is 10.7. The normalized spacial score (nSPS) is 12.3. The van der Waals surface area contributed by atoms with Gasteiger partial charge in [0, 0.05) is 12.7 Å². The van der Waals surface area contributed by atoms with E-state index < -0.39 is 6.10 Å². The number of aromatic hydroxyl groups is 1. The monoisotopic (exact) mass is 413 g/mol. The number of ether oxygens (including phenoxy) is 2. The lowest BCUT2D eigenvalue weighted by Crippen LogP contribution is -2.23. The lowest BCUT2D eigenvalue weighted by molar-refractivity contribution is 0.0109. The predicted molar refractivity (Wildman–Crippen MR) is 116 cm³/mol. The van der Waals surface area contributed by atoms with Gasteiger partial charge in [-0.2, -0.15) is 0 Å². The molecule has 162 valence electrons. The zero-order chi connectivity index (χ0) is 21.2. The zero-order valence-corrected chi connectivity index (χ0v) is 17.5. The van der Waals surface area contributed by atoms with Crippen LogP contribution in [0.15, 0.2) is 42.5 Å². The number of phenolic OH excluding ortho intramolecular Hbond substituents is 1. The minimum absolute atomic E-state index is 0.00150. The van der Waals surface area contributed by atoms with Crippen molar-refractivity contribution in [1.29, 1.82) is 0 Å². The van der Waals surface area contributed by atoms with E-state index in [1.54, 1.807) is 12.1 Å². The summed E-state index contributed by atoms with van der Waals surface area (Å²) in [5.74, 6) is 0.463.